The highest BCUT2D eigenvalue weighted by Crippen LogP contribution is 2.31. The standard InChI is InChI=1S/C13H19NO6S2/c1-14-22(17,18)11-3-4-12-10(9-11)5-7-19-13(12)6-8-20-21(2,15)16/h3-4,9,13-14H,5-8H2,1-2H3/t13-/m0/s1. The molecule has 124 valence electrons. The zero-order valence-corrected chi connectivity index (χ0v) is 14.0. The first kappa shape index (κ1) is 17.4. The maximum absolute atomic E-state index is 11.8. The van der Waals surface area contributed by atoms with Crippen molar-refractivity contribution in [2.45, 2.75) is 23.8 Å². The molecular weight excluding hydrogens is 330 g/mol. The quantitative estimate of drug-likeness (QED) is 0.754. The predicted molar refractivity (Wildman–Crippen MR) is 80.5 cm³/mol. The number of fused-ring (bicyclic) bond motifs is 1. The van der Waals surface area contributed by atoms with E-state index in [2.05, 4.69) is 4.72 Å². The molecule has 0 radical (unpaired) electrons. The number of ether oxygens (including phenoxy) is 1. The van der Waals surface area contributed by atoms with Crippen LogP contribution in [0.2, 0.25) is 0 Å². The summed E-state index contributed by atoms with van der Waals surface area (Å²) in [5, 5.41) is 0. The fourth-order valence-electron chi connectivity index (χ4n) is 2.34. The Morgan fingerprint density at radius 3 is 2.68 bits per heavy atom. The molecule has 1 atom stereocenters. The molecule has 22 heavy (non-hydrogen) atoms. The minimum Gasteiger partial charge on any atom is -0.373 e. The van der Waals surface area contributed by atoms with Gasteiger partial charge in [0.25, 0.3) is 10.1 Å². The molecular formula is C13H19NO6S2. The van der Waals surface area contributed by atoms with Crippen LogP contribution in [0.3, 0.4) is 0 Å². The van der Waals surface area contributed by atoms with Crippen LogP contribution in [0.25, 0.3) is 0 Å². The lowest BCUT2D eigenvalue weighted by molar-refractivity contribution is 0.0282. The van der Waals surface area contributed by atoms with Crippen LogP contribution < -0.4 is 4.72 Å². The Morgan fingerprint density at radius 2 is 2.05 bits per heavy atom. The molecule has 0 unspecified atom stereocenters. The summed E-state index contributed by atoms with van der Waals surface area (Å²) in [4.78, 5) is 0.210. The van der Waals surface area contributed by atoms with Crippen molar-refractivity contribution >= 4 is 20.1 Å². The van der Waals surface area contributed by atoms with Crippen LogP contribution in [0.5, 0.6) is 0 Å². The maximum Gasteiger partial charge on any atom is 0.264 e. The van der Waals surface area contributed by atoms with Gasteiger partial charge < -0.3 is 4.74 Å². The molecule has 0 fully saturated rings. The summed E-state index contributed by atoms with van der Waals surface area (Å²) >= 11 is 0. The fraction of sp³-hybridized carbons (Fsp3) is 0.538. The van der Waals surface area contributed by atoms with E-state index >= 15 is 0 Å². The van der Waals surface area contributed by atoms with Gasteiger partial charge in [0.15, 0.2) is 0 Å². The Bertz CT molecular complexity index is 742. The Balaban J connectivity index is 2.18. The molecule has 2 rings (SSSR count). The molecule has 1 aromatic carbocycles. The van der Waals surface area contributed by atoms with E-state index in [-0.39, 0.29) is 17.6 Å². The van der Waals surface area contributed by atoms with E-state index in [1.807, 2.05) is 0 Å². The molecule has 0 aliphatic carbocycles. The third-order valence-electron chi connectivity index (χ3n) is 3.41. The van der Waals surface area contributed by atoms with Gasteiger partial charge in [0.1, 0.15) is 0 Å². The summed E-state index contributed by atoms with van der Waals surface area (Å²) in [6.45, 7) is 0.485. The smallest absolute Gasteiger partial charge is 0.264 e. The number of sulfonamides is 1. The van der Waals surface area contributed by atoms with Gasteiger partial charge >= 0.3 is 0 Å². The van der Waals surface area contributed by atoms with Crippen molar-refractivity contribution in [1.29, 1.82) is 0 Å². The molecule has 1 aromatic rings. The molecule has 0 bridgehead atoms. The number of hydrogen-bond donors (Lipinski definition) is 1. The molecule has 0 amide bonds. The zero-order valence-electron chi connectivity index (χ0n) is 12.4. The predicted octanol–water partition coefficient (Wildman–Crippen LogP) is 0.575. The molecule has 0 saturated carbocycles. The lowest BCUT2D eigenvalue weighted by atomic mass is 9.96. The van der Waals surface area contributed by atoms with E-state index in [4.69, 9.17) is 8.92 Å². The molecule has 1 heterocycles. The third-order valence-corrected chi connectivity index (χ3v) is 5.42. The molecule has 1 N–H and O–H groups in total. The lowest BCUT2D eigenvalue weighted by Gasteiger charge is -2.26. The summed E-state index contributed by atoms with van der Waals surface area (Å²) < 4.78 is 58.2. The Kier molecular flexibility index (Phi) is 5.23. The fourth-order valence-corrected chi connectivity index (χ4v) is 3.52. The van der Waals surface area contributed by atoms with Gasteiger partial charge in [-0.05, 0) is 36.7 Å². The summed E-state index contributed by atoms with van der Waals surface area (Å²) in [5.41, 5.74) is 1.77. The van der Waals surface area contributed by atoms with Gasteiger partial charge in [0.05, 0.1) is 30.5 Å². The Morgan fingerprint density at radius 1 is 1.32 bits per heavy atom. The second kappa shape index (κ2) is 6.63. The molecule has 0 aromatic heterocycles. The van der Waals surface area contributed by atoms with E-state index in [1.54, 1.807) is 12.1 Å². The minimum absolute atomic E-state index is 0.0273. The maximum atomic E-state index is 11.8. The van der Waals surface area contributed by atoms with Crippen molar-refractivity contribution in [3.05, 3.63) is 29.3 Å². The van der Waals surface area contributed by atoms with Crippen molar-refractivity contribution in [2.75, 3.05) is 26.5 Å². The van der Waals surface area contributed by atoms with E-state index in [0.717, 1.165) is 17.4 Å². The van der Waals surface area contributed by atoms with E-state index < -0.39 is 20.1 Å². The molecule has 9 heteroatoms. The van der Waals surface area contributed by atoms with Gasteiger partial charge in [-0.25, -0.2) is 13.1 Å². The summed E-state index contributed by atoms with van der Waals surface area (Å²) in [6.07, 6.45) is 1.71. The largest absolute Gasteiger partial charge is 0.373 e. The van der Waals surface area contributed by atoms with Crippen molar-refractivity contribution < 1.29 is 25.8 Å². The van der Waals surface area contributed by atoms with Crippen LogP contribution in [0.15, 0.2) is 23.1 Å². The van der Waals surface area contributed by atoms with Crippen molar-refractivity contribution in [1.82, 2.24) is 4.72 Å². The van der Waals surface area contributed by atoms with Gasteiger partial charge in [0, 0.05) is 6.42 Å². The SMILES string of the molecule is CNS(=O)(=O)c1ccc2c(c1)CCO[C@H]2CCOS(C)(=O)=O. The Labute approximate surface area is 130 Å². The van der Waals surface area contributed by atoms with E-state index in [0.29, 0.717) is 19.4 Å². The summed E-state index contributed by atoms with van der Waals surface area (Å²) in [6, 6.07) is 4.86. The molecule has 7 nitrogen and oxygen atoms in total. The van der Waals surface area contributed by atoms with Gasteiger partial charge in [-0.1, -0.05) is 6.07 Å². The van der Waals surface area contributed by atoms with Crippen molar-refractivity contribution in [3.63, 3.8) is 0 Å². The number of rotatable bonds is 6. The highest BCUT2D eigenvalue weighted by molar-refractivity contribution is 7.89. The van der Waals surface area contributed by atoms with E-state index in [9.17, 15) is 16.8 Å². The van der Waals surface area contributed by atoms with Crippen molar-refractivity contribution in [2.24, 2.45) is 0 Å². The second-order valence-corrected chi connectivity index (χ2v) is 8.52. The first-order chi connectivity index (χ1) is 10.2. The van der Waals surface area contributed by atoms with Gasteiger partial charge in [-0.15, -0.1) is 0 Å². The van der Waals surface area contributed by atoms with E-state index in [1.165, 1.54) is 13.1 Å². The first-order valence-electron chi connectivity index (χ1n) is 6.75. The average molecular weight is 349 g/mol. The Hall–Kier alpha value is -1.00. The highest BCUT2D eigenvalue weighted by Gasteiger charge is 2.23. The number of nitrogens with one attached hydrogen (secondary N) is 1. The van der Waals surface area contributed by atoms with Crippen LogP contribution in [0.1, 0.15) is 23.7 Å². The van der Waals surface area contributed by atoms with Crippen LogP contribution in [0, 0.1) is 0 Å². The molecule has 0 spiro atoms. The van der Waals surface area contributed by atoms with Crippen LogP contribution in [0.4, 0.5) is 0 Å². The van der Waals surface area contributed by atoms with Gasteiger partial charge in [-0.3, -0.25) is 4.18 Å². The first-order valence-corrected chi connectivity index (χ1v) is 10.1. The summed E-state index contributed by atoms with van der Waals surface area (Å²) in [7, 11) is -5.59. The summed E-state index contributed by atoms with van der Waals surface area (Å²) in [5.74, 6) is 0. The highest BCUT2D eigenvalue weighted by atomic mass is 32.2. The monoisotopic (exact) mass is 349 g/mol. The van der Waals surface area contributed by atoms with Crippen LogP contribution in [-0.2, 0) is 35.5 Å². The van der Waals surface area contributed by atoms with Crippen LogP contribution in [-0.4, -0.2) is 43.4 Å². The molecule has 1 aliphatic rings. The molecule has 0 saturated heterocycles. The number of hydrogen-bond acceptors (Lipinski definition) is 6. The zero-order chi connectivity index (χ0) is 16.4. The number of benzene rings is 1. The van der Waals surface area contributed by atoms with Gasteiger partial charge in [0.2, 0.25) is 10.0 Å². The normalized spacial score (nSPS) is 18.9. The van der Waals surface area contributed by atoms with Crippen LogP contribution >= 0.6 is 0 Å². The lowest BCUT2D eigenvalue weighted by Crippen LogP contribution is -2.22. The minimum atomic E-state index is -3.48. The second-order valence-electron chi connectivity index (χ2n) is 4.99. The molecule has 1 aliphatic heterocycles. The topological polar surface area (TPSA) is 98.8 Å². The third kappa shape index (κ3) is 4.26. The van der Waals surface area contributed by atoms with Gasteiger partial charge in [-0.2, -0.15) is 8.42 Å². The average Bonchev–Trinajstić information content (AvgIpc) is 2.45. The van der Waals surface area contributed by atoms with Crippen molar-refractivity contribution in [3.8, 4) is 0 Å².